The maximum atomic E-state index is 5.68. The first-order valence-corrected chi connectivity index (χ1v) is 7.95. The molecular formula is C18H30N2O. The summed E-state index contributed by atoms with van der Waals surface area (Å²) in [4.78, 5) is 2.44. The molecule has 0 radical (unpaired) electrons. The van der Waals surface area contributed by atoms with Crippen LogP contribution in [0.25, 0.3) is 0 Å². The van der Waals surface area contributed by atoms with Gasteiger partial charge in [0.25, 0.3) is 0 Å². The van der Waals surface area contributed by atoms with Gasteiger partial charge in [-0.1, -0.05) is 12.1 Å². The Hall–Kier alpha value is -1.06. The Morgan fingerprint density at radius 3 is 2.48 bits per heavy atom. The third kappa shape index (κ3) is 4.72. The summed E-state index contributed by atoms with van der Waals surface area (Å²) in [5, 5.41) is 3.53. The highest BCUT2D eigenvalue weighted by Gasteiger charge is 2.30. The molecule has 0 saturated carbocycles. The molecule has 1 fully saturated rings. The zero-order valence-electron chi connectivity index (χ0n) is 14.2. The van der Waals surface area contributed by atoms with E-state index in [1.165, 1.54) is 17.7 Å². The van der Waals surface area contributed by atoms with Crippen molar-refractivity contribution in [3.63, 3.8) is 0 Å². The summed E-state index contributed by atoms with van der Waals surface area (Å²) in [5.74, 6) is 0. The number of nitrogens with zero attached hydrogens (tertiary/aromatic N) is 1. The Morgan fingerprint density at radius 2 is 1.90 bits per heavy atom. The normalized spacial score (nSPS) is 23.4. The number of piperidine rings is 1. The van der Waals surface area contributed by atoms with Gasteiger partial charge in [-0.05, 0) is 58.2 Å². The lowest BCUT2D eigenvalue weighted by Gasteiger charge is -2.40. The van der Waals surface area contributed by atoms with Gasteiger partial charge in [0.05, 0.1) is 5.60 Å². The molecule has 0 amide bonds. The third-order valence-electron chi connectivity index (χ3n) is 4.28. The number of benzene rings is 1. The fraction of sp³-hybridized carbons (Fsp3) is 0.667. The van der Waals surface area contributed by atoms with E-state index in [4.69, 9.17) is 4.74 Å². The zero-order chi connectivity index (χ0) is 15.5. The summed E-state index contributed by atoms with van der Waals surface area (Å²) in [7, 11) is 1.82. The minimum atomic E-state index is -0.00921. The number of nitrogens with one attached hydrogen (secondary N) is 1. The Morgan fingerprint density at radius 1 is 1.24 bits per heavy atom. The van der Waals surface area contributed by atoms with E-state index in [0.717, 1.165) is 26.1 Å². The number of hydrogen-bond acceptors (Lipinski definition) is 3. The van der Waals surface area contributed by atoms with Crippen LogP contribution in [0.2, 0.25) is 0 Å². The second kappa shape index (κ2) is 6.37. The molecule has 118 valence electrons. The van der Waals surface area contributed by atoms with Crippen molar-refractivity contribution >= 4 is 5.69 Å². The molecule has 1 saturated heterocycles. The molecule has 1 aromatic carbocycles. The highest BCUT2D eigenvalue weighted by Crippen LogP contribution is 2.28. The second-order valence-corrected chi connectivity index (χ2v) is 7.45. The first-order chi connectivity index (χ1) is 9.81. The first-order valence-electron chi connectivity index (χ1n) is 7.95. The van der Waals surface area contributed by atoms with Crippen LogP contribution in [0.1, 0.15) is 46.1 Å². The van der Waals surface area contributed by atoms with E-state index < -0.39 is 0 Å². The van der Waals surface area contributed by atoms with E-state index in [-0.39, 0.29) is 11.1 Å². The van der Waals surface area contributed by atoms with Crippen LogP contribution in [0, 0.1) is 0 Å². The molecule has 2 rings (SSSR count). The molecule has 0 aliphatic carbocycles. The quantitative estimate of drug-likeness (QED) is 0.917. The van der Waals surface area contributed by atoms with Crippen molar-refractivity contribution < 1.29 is 4.74 Å². The Bertz CT molecular complexity index is 449. The molecule has 1 N–H and O–H groups in total. The predicted octanol–water partition coefficient (Wildman–Crippen LogP) is 3.58. The van der Waals surface area contributed by atoms with Crippen molar-refractivity contribution in [2.45, 2.75) is 58.2 Å². The lowest BCUT2D eigenvalue weighted by atomic mass is 9.94. The van der Waals surface area contributed by atoms with E-state index in [0.29, 0.717) is 0 Å². The van der Waals surface area contributed by atoms with Crippen LogP contribution in [0.5, 0.6) is 0 Å². The third-order valence-corrected chi connectivity index (χ3v) is 4.28. The number of hydrogen-bond donors (Lipinski definition) is 1. The minimum absolute atomic E-state index is 0.00921. The van der Waals surface area contributed by atoms with Crippen molar-refractivity contribution in [2.75, 3.05) is 25.1 Å². The number of anilines is 1. The maximum absolute atomic E-state index is 5.68. The van der Waals surface area contributed by atoms with Gasteiger partial charge in [0, 0.05) is 38.0 Å². The Balaban J connectivity index is 1.98. The molecule has 3 heteroatoms. The van der Waals surface area contributed by atoms with Crippen molar-refractivity contribution in [3.05, 3.63) is 29.8 Å². The largest absolute Gasteiger partial charge is 0.377 e. The Labute approximate surface area is 129 Å². The molecule has 1 unspecified atom stereocenters. The second-order valence-electron chi connectivity index (χ2n) is 7.45. The standard InChI is InChI=1S/C18H30N2O/c1-17(2,3)19-13-15-7-9-16(10-8-15)20-12-6-11-18(4,14-20)21-5/h7-10,19H,6,11-14H2,1-5H3. The molecule has 0 spiro atoms. The SMILES string of the molecule is COC1(C)CCCN(c2ccc(CNC(C)(C)C)cc2)C1. The predicted molar refractivity (Wildman–Crippen MR) is 89.9 cm³/mol. The summed E-state index contributed by atoms with van der Waals surface area (Å²) >= 11 is 0. The Kier molecular flexibility index (Phi) is 4.95. The smallest absolute Gasteiger partial charge is 0.0825 e. The van der Waals surface area contributed by atoms with E-state index in [2.05, 4.69) is 62.2 Å². The molecule has 1 heterocycles. The molecule has 0 bridgehead atoms. The van der Waals surface area contributed by atoms with Crippen molar-refractivity contribution in [1.82, 2.24) is 5.32 Å². The van der Waals surface area contributed by atoms with Crippen LogP contribution in [0.4, 0.5) is 5.69 Å². The summed E-state index contributed by atoms with van der Waals surface area (Å²) < 4.78 is 5.68. The minimum Gasteiger partial charge on any atom is -0.377 e. The van der Waals surface area contributed by atoms with Crippen LogP contribution >= 0.6 is 0 Å². The maximum Gasteiger partial charge on any atom is 0.0825 e. The van der Waals surface area contributed by atoms with Crippen molar-refractivity contribution in [3.8, 4) is 0 Å². The topological polar surface area (TPSA) is 24.5 Å². The lowest BCUT2D eigenvalue weighted by Crippen LogP contribution is -2.47. The first kappa shape index (κ1) is 16.3. The van der Waals surface area contributed by atoms with Gasteiger partial charge in [-0.2, -0.15) is 0 Å². The molecule has 1 aliphatic rings. The van der Waals surface area contributed by atoms with Crippen LogP contribution < -0.4 is 10.2 Å². The molecule has 21 heavy (non-hydrogen) atoms. The van der Waals surface area contributed by atoms with Crippen LogP contribution in [-0.4, -0.2) is 31.3 Å². The van der Waals surface area contributed by atoms with Gasteiger partial charge in [-0.3, -0.25) is 0 Å². The molecule has 0 aromatic heterocycles. The fourth-order valence-corrected chi connectivity index (χ4v) is 2.78. The van der Waals surface area contributed by atoms with Crippen molar-refractivity contribution in [1.29, 1.82) is 0 Å². The van der Waals surface area contributed by atoms with Gasteiger partial charge in [0.1, 0.15) is 0 Å². The van der Waals surface area contributed by atoms with Gasteiger partial charge < -0.3 is 15.0 Å². The monoisotopic (exact) mass is 290 g/mol. The summed E-state index contributed by atoms with van der Waals surface area (Å²) in [6.45, 7) is 11.8. The van der Waals surface area contributed by atoms with Gasteiger partial charge >= 0.3 is 0 Å². The van der Waals surface area contributed by atoms with Crippen LogP contribution in [0.15, 0.2) is 24.3 Å². The van der Waals surface area contributed by atoms with E-state index >= 15 is 0 Å². The van der Waals surface area contributed by atoms with E-state index in [1.807, 2.05) is 7.11 Å². The molecule has 1 atom stereocenters. The fourth-order valence-electron chi connectivity index (χ4n) is 2.78. The molecular weight excluding hydrogens is 260 g/mol. The summed E-state index contributed by atoms with van der Waals surface area (Å²) in [6.07, 6.45) is 2.34. The highest BCUT2D eigenvalue weighted by atomic mass is 16.5. The number of ether oxygens (including phenoxy) is 1. The molecule has 3 nitrogen and oxygen atoms in total. The average Bonchev–Trinajstić information content (AvgIpc) is 2.45. The van der Waals surface area contributed by atoms with E-state index in [1.54, 1.807) is 0 Å². The van der Waals surface area contributed by atoms with E-state index in [9.17, 15) is 0 Å². The number of methoxy groups -OCH3 is 1. The van der Waals surface area contributed by atoms with Crippen LogP contribution in [-0.2, 0) is 11.3 Å². The summed E-state index contributed by atoms with van der Waals surface area (Å²) in [5.41, 5.74) is 2.79. The molecule has 1 aromatic rings. The number of rotatable bonds is 4. The van der Waals surface area contributed by atoms with Crippen LogP contribution in [0.3, 0.4) is 0 Å². The van der Waals surface area contributed by atoms with Crippen molar-refractivity contribution in [2.24, 2.45) is 0 Å². The van der Waals surface area contributed by atoms with Gasteiger partial charge in [-0.25, -0.2) is 0 Å². The summed E-state index contributed by atoms with van der Waals surface area (Å²) in [6, 6.07) is 8.93. The van der Waals surface area contributed by atoms with Gasteiger partial charge in [-0.15, -0.1) is 0 Å². The van der Waals surface area contributed by atoms with Gasteiger partial charge in [0.15, 0.2) is 0 Å². The lowest BCUT2D eigenvalue weighted by molar-refractivity contribution is -0.00465. The highest BCUT2D eigenvalue weighted by molar-refractivity contribution is 5.48. The van der Waals surface area contributed by atoms with Gasteiger partial charge in [0.2, 0.25) is 0 Å². The molecule has 1 aliphatic heterocycles. The zero-order valence-corrected chi connectivity index (χ0v) is 14.2. The average molecular weight is 290 g/mol.